The van der Waals surface area contributed by atoms with Gasteiger partial charge in [-0.15, -0.1) is 0 Å². The summed E-state index contributed by atoms with van der Waals surface area (Å²) in [7, 11) is 0. The highest BCUT2D eigenvalue weighted by Crippen LogP contribution is 2.20. The van der Waals surface area contributed by atoms with Gasteiger partial charge in [0, 0.05) is 6.07 Å². The summed E-state index contributed by atoms with van der Waals surface area (Å²) in [5, 5.41) is 8.57. The van der Waals surface area contributed by atoms with Crippen molar-refractivity contribution in [1.82, 2.24) is 0 Å². The highest BCUT2D eigenvalue weighted by molar-refractivity contribution is 5.75. The number of hydrogen-bond acceptors (Lipinski definition) is 2. The molecule has 0 bridgehead atoms. The Bertz CT molecular complexity index is 379. The van der Waals surface area contributed by atoms with E-state index in [2.05, 4.69) is 0 Å². The molecule has 0 saturated heterocycles. The Morgan fingerprint density at radius 1 is 1.50 bits per heavy atom. The smallest absolute Gasteiger partial charge is 0.325 e. The standard InChI is InChI=1S/C9H9F2NO2/c1-4-6(8(12)9(13)14)2-5(10)3-7(4)11/h2-3,8H,12H2,1H3,(H,13,14)/t8-/m0/s1. The van der Waals surface area contributed by atoms with E-state index < -0.39 is 23.6 Å². The van der Waals surface area contributed by atoms with Crippen molar-refractivity contribution >= 4 is 5.97 Å². The third-order valence-corrected chi connectivity index (χ3v) is 1.95. The number of carbonyl (C=O) groups is 1. The van der Waals surface area contributed by atoms with Crippen LogP contribution in [0.1, 0.15) is 17.2 Å². The third kappa shape index (κ3) is 1.88. The quantitative estimate of drug-likeness (QED) is 0.759. The first-order valence-corrected chi connectivity index (χ1v) is 3.87. The van der Waals surface area contributed by atoms with E-state index in [1.807, 2.05) is 0 Å². The Hall–Kier alpha value is -1.49. The molecule has 0 spiro atoms. The molecular formula is C9H9F2NO2. The Morgan fingerprint density at radius 2 is 2.07 bits per heavy atom. The van der Waals surface area contributed by atoms with E-state index in [4.69, 9.17) is 10.8 Å². The van der Waals surface area contributed by atoms with Gasteiger partial charge in [0.2, 0.25) is 0 Å². The monoisotopic (exact) mass is 201 g/mol. The van der Waals surface area contributed by atoms with Gasteiger partial charge in [0.25, 0.3) is 0 Å². The van der Waals surface area contributed by atoms with Crippen LogP contribution in [-0.2, 0) is 4.79 Å². The first-order chi connectivity index (χ1) is 6.43. The Labute approximate surface area is 79.2 Å². The number of carboxylic acids is 1. The Morgan fingerprint density at radius 3 is 2.57 bits per heavy atom. The molecule has 3 nitrogen and oxygen atoms in total. The van der Waals surface area contributed by atoms with Crippen molar-refractivity contribution in [3.8, 4) is 0 Å². The van der Waals surface area contributed by atoms with Gasteiger partial charge in [-0.1, -0.05) is 0 Å². The molecule has 0 heterocycles. The van der Waals surface area contributed by atoms with Crippen LogP contribution < -0.4 is 5.73 Å². The fraction of sp³-hybridized carbons (Fsp3) is 0.222. The molecule has 5 heteroatoms. The lowest BCUT2D eigenvalue weighted by molar-refractivity contribution is -0.138. The Kier molecular flexibility index (Phi) is 2.81. The maximum Gasteiger partial charge on any atom is 0.325 e. The number of halogens is 2. The van der Waals surface area contributed by atoms with E-state index in [9.17, 15) is 13.6 Å². The van der Waals surface area contributed by atoms with Crippen LogP contribution in [0.3, 0.4) is 0 Å². The molecule has 1 atom stereocenters. The fourth-order valence-electron chi connectivity index (χ4n) is 1.12. The maximum absolute atomic E-state index is 13.0. The van der Waals surface area contributed by atoms with Crippen molar-refractivity contribution in [2.45, 2.75) is 13.0 Å². The molecule has 14 heavy (non-hydrogen) atoms. The molecular weight excluding hydrogens is 192 g/mol. The highest BCUT2D eigenvalue weighted by atomic mass is 19.1. The van der Waals surface area contributed by atoms with Crippen molar-refractivity contribution in [3.05, 3.63) is 34.9 Å². The fourth-order valence-corrected chi connectivity index (χ4v) is 1.12. The normalized spacial score (nSPS) is 12.6. The third-order valence-electron chi connectivity index (χ3n) is 1.95. The predicted octanol–water partition coefficient (Wildman–Crippen LogP) is 1.36. The van der Waals surface area contributed by atoms with Gasteiger partial charge in [-0.25, -0.2) is 8.78 Å². The van der Waals surface area contributed by atoms with Gasteiger partial charge in [-0.3, -0.25) is 4.79 Å². The summed E-state index contributed by atoms with van der Waals surface area (Å²) >= 11 is 0. The summed E-state index contributed by atoms with van der Waals surface area (Å²) in [6.07, 6.45) is 0. The van der Waals surface area contributed by atoms with Gasteiger partial charge >= 0.3 is 5.97 Å². The Balaban J connectivity index is 3.26. The zero-order valence-corrected chi connectivity index (χ0v) is 7.42. The summed E-state index contributed by atoms with van der Waals surface area (Å²) in [5.41, 5.74) is 5.25. The average molecular weight is 201 g/mol. The molecule has 0 radical (unpaired) electrons. The molecule has 1 aromatic carbocycles. The summed E-state index contributed by atoms with van der Waals surface area (Å²) in [6, 6.07) is 0.213. The van der Waals surface area contributed by atoms with Gasteiger partial charge in [-0.2, -0.15) is 0 Å². The lowest BCUT2D eigenvalue weighted by atomic mass is 10.0. The molecule has 0 aliphatic carbocycles. The predicted molar refractivity (Wildman–Crippen MR) is 45.7 cm³/mol. The second kappa shape index (κ2) is 3.71. The lowest BCUT2D eigenvalue weighted by Crippen LogP contribution is -2.22. The number of carboxylic acid groups (broad SMARTS) is 1. The number of hydrogen-bond donors (Lipinski definition) is 2. The van der Waals surface area contributed by atoms with Crippen LogP contribution in [0.15, 0.2) is 12.1 Å². The number of benzene rings is 1. The lowest BCUT2D eigenvalue weighted by Gasteiger charge is -2.10. The van der Waals surface area contributed by atoms with Crippen molar-refractivity contribution in [3.63, 3.8) is 0 Å². The molecule has 0 aliphatic heterocycles. The first-order valence-electron chi connectivity index (χ1n) is 3.87. The zero-order chi connectivity index (χ0) is 10.9. The second-order valence-electron chi connectivity index (χ2n) is 2.92. The van der Waals surface area contributed by atoms with Crippen LogP contribution in [0.4, 0.5) is 8.78 Å². The minimum Gasteiger partial charge on any atom is -0.480 e. The van der Waals surface area contributed by atoms with E-state index in [1.165, 1.54) is 6.92 Å². The summed E-state index contributed by atoms with van der Waals surface area (Å²) < 4.78 is 25.7. The van der Waals surface area contributed by atoms with Crippen LogP contribution in [0.5, 0.6) is 0 Å². The molecule has 1 aromatic rings. The molecule has 0 aliphatic rings. The van der Waals surface area contributed by atoms with Crippen LogP contribution >= 0.6 is 0 Å². The molecule has 76 valence electrons. The van der Waals surface area contributed by atoms with E-state index in [0.29, 0.717) is 6.07 Å². The van der Waals surface area contributed by atoms with Crippen LogP contribution in [-0.4, -0.2) is 11.1 Å². The van der Waals surface area contributed by atoms with E-state index in [-0.39, 0.29) is 11.1 Å². The van der Waals surface area contributed by atoms with Crippen molar-refractivity contribution in [1.29, 1.82) is 0 Å². The maximum atomic E-state index is 13.0. The molecule has 1 rings (SSSR count). The van der Waals surface area contributed by atoms with Crippen LogP contribution in [0, 0.1) is 18.6 Å². The number of nitrogens with two attached hydrogens (primary N) is 1. The first kappa shape index (κ1) is 10.6. The summed E-state index contributed by atoms with van der Waals surface area (Å²) in [5.74, 6) is -2.95. The molecule has 0 unspecified atom stereocenters. The molecule has 0 amide bonds. The largest absolute Gasteiger partial charge is 0.480 e. The van der Waals surface area contributed by atoms with Crippen molar-refractivity contribution in [2.24, 2.45) is 5.73 Å². The number of rotatable bonds is 2. The van der Waals surface area contributed by atoms with Crippen molar-refractivity contribution < 1.29 is 18.7 Å². The van der Waals surface area contributed by atoms with Crippen LogP contribution in [0.2, 0.25) is 0 Å². The van der Waals surface area contributed by atoms with E-state index in [0.717, 1.165) is 6.07 Å². The summed E-state index contributed by atoms with van der Waals surface area (Å²) in [6.45, 7) is 1.35. The van der Waals surface area contributed by atoms with Gasteiger partial charge in [-0.05, 0) is 24.1 Å². The molecule has 0 saturated carbocycles. The van der Waals surface area contributed by atoms with Crippen molar-refractivity contribution in [2.75, 3.05) is 0 Å². The molecule has 3 N–H and O–H groups in total. The van der Waals surface area contributed by atoms with Gasteiger partial charge in [0.1, 0.15) is 17.7 Å². The topological polar surface area (TPSA) is 63.3 Å². The SMILES string of the molecule is Cc1c(F)cc(F)cc1[C@H](N)C(=O)O. The summed E-state index contributed by atoms with van der Waals surface area (Å²) in [4.78, 5) is 10.5. The second-order valence-corrected chi connectivity index (χ2v) is 2.92. The highest BCUT2D eigenvalue weighted by Gasteiger charge is 2.19. The zero-order valence-electron chi connectivity index (χ0n) is 7.42. The van der Waals surface area contributed by atoms with E-state index >= 15 is 0 Å². The minimum absolute atomic E-state index is 0.0463. The van der Waals surface area contributed by atoms with E-state index in [1.54, 1.807) is 0 Å². The average Bonchev–Trinajstić information content (AvgIpc) is 2.09. The van der Waals surface area contributed by atoms with Gasteiger partial charge in [0.05, 0.1) is 0 Å². The van der Waals surface area contributed by atoms with Gasteiger partial charge in [0.15, 0.2) is 0 Å². The molecule has 0 aromatic heterocycles. The number of aliphatic carboxylic acids is 1. The molecule has 0 fully saturated rings. The minimum atomic E-state index is -1.40. The van der Waals surface area contributed by atoms with Crippen LogP contribution in [0.25, 0.3) is 0 Å². The van der Waals surface area contributed by atoms with Gasteiger partial charge < -0.3 is 10.8 Å².